The van der Waals surface area contributed by atoms with Crippen LogP contribution in [0.5, 0.6) is 5.75 Å². The first-order valence-corrected chi connectivity index (χ1v) is 16.4. The lowest BCUT2D eigenvalue weighted by atomic mass is 10.0. The van der Waals surface area contributed by atoms with Gasteiger partial charge < -0.3 is 19.5 Å². The number of thioether (sulfide) groups is 1. The minimum absolute atomic E-state index is 0.0127. The Hall–Kier alpha value is -3.63. The van der Waals surface area contributed by atoms with Gasteiger partial charge in [-0.3, -0.25) is 19.7 Å². The van der Waals surface area contributed by atoms with E-state index < -0.39 is 59.7 Å². The SMILES string of the molecule is Cc1ccc(S(=O)(=O)[N+]2(C(=O)Oc3ccc(N[C@@H](C)C(=O)OC(C)(C)C)c(C(=O)C4NCC(=O)SC4=O)c3)CCOCC2)cc1. The van der Waals surface area contributed by atoms with E-state index in [0.717, 1.165) is 5.56 Å². The Bertz CT molecular complexity index is 1610. The van der Waals surface area contributed by atoms with Crippen LogP contribution in [0.4, 0.5) is 10.5 Å². The van der Waals surface area contributed by atoms with Crippen molar-refractivity contribution >= 4 is 55.5 Å². The first kappa shape index (κ1) is 34.2. The number of anilines is 1. The number of ether oxygens (including phenoxy) is 3. The van der Waals surface area contributed by atoms with Crippen LogP contribution in [0.15, 0.2) is 47.4 Å². The summed E-state index contributed by atoms with van der Waals surface area (Å²) in [6, 6.07) is 7.68. The van der Waals surface area contributed by atoms with E-state index in [2.05, 4.69) is 10.6 Å². The van der Waals surface area contributed by atoms with Gasteiger partial charge in [-0.1, -0.05) is 17.7 Å². The van der Waals surface area contributed by atoms with Crippen molar-refractivity contribution in [2.75, 3.05) is 38.2 Å². The number of Topliss-reactive ketones (excluding diaryl/α,β-unsaturated/α-hetero) is 1. The molecule has 2 heterocycles. The van der Waals surface area contributed by atoms with Crippen molar-refractivity contribution in [1.29, 1.82) is 0 Å². The van der Waals surface area contributed by atoms with E-state index in [0.29, 0.717) is 11.8 Å². The van der Waals surface area contributed by atoms with Gasteiger partial charge in [0.2, 0.25) is 10.2 Å². The number of ketones is 1. The van der Waals surface area contributed by atoms with Gasteiger partial charge in [0.25, 0.3) is 0 Å². The fraction of sp³-hybridized carbons (Fsp3) is 0.433. The zero-order valence-corrected chi connectivity index (χ0v) is 27.2. The number of sulfonamides is 1. The molecule has 4 rings (SSSR count). The van der Waals surface area contributed by atoms with E-state index in [-0.39, 0.29) is 54.7 Å². The van der Waals surface area contributed by atoms with Gasteiger partial charge in [0.05, 0.1) is 19.8 Å². The van der Waals surface area contributed by atoms with Crippen LogP contribution in [-0.4, -0.2) is 90.9 Å². The second-order valence-electron chi connectivity index (χ2n) is 11.7. The maximum atomic E-state index is 13.9. The van der Waals surface area contributed by atoms with Crippen molar-refractivity contribution in [3.05, 3.63) is 53.6 Å². The minimum Gasteiger partial charge on any atom is -0.458 e. The summed E-state index contributed by atoms with van der Waals surface area (Å²) in [5.74, 6) is -1.53. The molecule has 45 heavy (non-hydrogen) atoms. The molecule has 13 nitrogen and oxygen atoms in total. The quantitative estimate of drug-likeness (QED) is 0.183. The molecule has 0 radical (unpaired) electrons. The first-order chi connectivity index (χ1) is 21.0. The standard InChI is InChI=1S/C30H35N3O10S2/c1-18-6-9-21(10-7-18)45(39,40)33(12-14-41-15-13-33)29(38)42-20-8-11-23(32-19(2)27(36)43-30(3,4)5)22(16-20)26(35)25-28(37)44-24(34)17-31-25/h6-11,16,19,25,31H,12-15,17H2,1-5H3/p+1/t19-,25?/m0/s1. The van der Waals surface area contributed by atoms with E-state index in [4.69, 9.17) is 14.2 Å². The van der Waals surface area contributed by atoms with Crippen molar-refractivity contribution in [3.8, 4) is 5.75 Å². The van der Waals surface area contributed by atoms with Crippen LogP contribution in [-0.2, 0) is 33.9 Å². The molecule has 1 unspecified atom stereocenters. The Morgan fingerprint density at radius 2 is 1.71 bits per heavy atom. The summed E-state index contributed by atoms with van der Waals surface area (Å²) >= 11 is 0.416. The second-order valence-corrected chi connectivity index (χ2v) is 14.9. The van der Waals surface area contributed by atoms with Gasteiger partial charge in [-0.25, -0.2) is 4.79 Å². The van der Waals surface area contributed by atoms with Crippen LogP contribution in [0.1, 0.15) is 43.6 Å². The number of amides is 1. The molecule has 2 N–H and O–H groups in total. The largest absolute Gasteiger partial charge is 0.537 e. The number of esters is 1. The highest BCUT2D eigenvalue weighted by molar-refractivity contribution is 8.26. The maximum Gasteiger partial charge on any atom is 0.537 e. The summed E-state index contributed by atoms with van der Waals surface area (Å²) in [7, 11) is -4.30. The molecule has 1 amide bonds. The minimum atomic E-state index is -4.30. The van der Waals surface area contributed by atoms with Gasteiger partial charge in [0.1, 0.15) is 41.4 Å². The van der Waals surface area contributed by atoms with Crippen molar-refractivity contribution < 1.29 is 50.5 Å². The van der Waals surface area contributed by atoms with Gasteiger partial charge >= 0.3 is 22.1 Å². The molecular formula is C30H36N3O10S2+. The summed E-state index contributed by atoms with van der Waals surface area (Å²) in [6.07, 6.45) is -1.10. The molecule has 15 heteroatoms. The summed E-state index contributed by atoms with van der Waals surface area (Å²) < 4.78 is 43.1. The molecule has 2 saturated heterocycles. The van der Waals surface area contributed by atoms with Gasteiger partial charge in [-0.2, -0.15) is 13.2 Å². The molecule has 2 aromatic rings. The predicted molar refractivity (Wildman–Crippen MR) is 164 cm³/mol. The van der Waals surface area contributed by atoms with Gasteiger partial charge in [0.15, 0.2) is 5.78 Å². The average Bonchev–Trinajstić information content (AvgIpc) is 2.97. The van der Waals surface area contributed by atoms with E-state index in [1.54, 1.807) is 32.9 Å². The molecule has 0 aromatic heterocycles. The third-order valence-corrected chi connectivity index (χ3v) is 10.2. The lowest BCUT2D eigenvalue weighted by Crippen LogP contribution is -2.62. The topological polar surface area (TPSA) is 171 Å². The summed E-state index contributed by atoms with van der Waals surface area (Å²) in [6.45, 7) is 7.78. The first-order valence-electron chi connectivity index (χ1n) is 14.2. The number of nitrogens with zero attached hydrogens (tertiary/aromatic N) is 1. The number of quaternary nitrogens is 1. The Balaban J connectivity index is 1.70. The number of morpholine rings is 1. The summed E-state index contributed by atoms with van der Waals surface area (Å²) in [5.41, 5.74) is 0.0534. The van der Waals surface area contributed by atoms with Crippen molar-refractivity contribution in [2.24, 2.45) is 0 Å². The lowest BCUT2D eigenvalue weighted by Gasteiger charge is -2.35. The summed E-state index contributed by atoms with van der Waals surface area (Å²) in [4.78, 5) is 64.4. The van der Waals surface area contributed by atoms with Crippen molar-refractivity contribution in [3.63, 3.8) is 0 Å². The smallest absolute Gasteiger partial charge is 0.458 e. The van der Waals surface area contributed by atoms with E-state index in [1.807, 2.05) is 6.92 Å². The number of benzene rings is 2. The third kappa shape index (κ3) is 7.61. The zero-order valence-electron chi connectivity index (χ0n) is 25.6. The van der Waals surface area contributed by atoms with Crippen LogP contribution in [0.25, 0.3) is 0 Å². The molecule has 2 fully saturated rings. The summed E-state index contributed by atoms with van der Waals surface area (Å²) in [5, 5.41) is 4.37. The molecule has 0 bridgehead atoms. The molecule has 2 aromatic carbocycles. The molecular weight excluding hydrogens is 626 g/mol. The highest BCUT2D eigenvalue weighted by atomic mass is 32.2. The number of carbonyl (C=O) groups is 5. The van der Waals surface area contributed by atoms with Crippen molar-refractivity contribution in [1.82, 2.24) is 5.32 Å². The van der Waals surface area contributed by atoms with Crippen LogP contribution >= 0.6 is 11.8 Å². The lowest BCUT2D eigenvalue weighted by molar-refractivity contribution is -0.741. The highest BCUT2D eigenvalue weighted by Gasteiger charge is 2.53. The maximum absolute atomic E-state index is 13.9. The second kappa shape index (κ2) is 13.4. The van der Waals surface area contributed by atoms with Gasteiger partial charge in [-0.15, -0.1) is 3.89 Å². The van der Waals surface area contributed by atoms with Crippen LogP contribution in [0.2, 0.25) is 0 Å². The predicted octanol–water partition coefficient (Wildman–Crippen LogP) is 2.81. The molecule has 242 valence electrons. The van der Waals surface area contributed by atoms with E-state index in [9.17, 15) is 32.4 Å². The molecule has 0 spiro atoms. The molecule has 0 saturated carbocycles. The van der Waals surface area contributed by atoms with Crippen molar-refractivity contribution in [2.45, 2.75) is 57.2 Å². The Labute approximate surface area is 265 Å². The number of hydrogen-bond acceptors (Lipinski definition) is 13. The molecule has 0 aliphatic carbocycles. The third-order valence-electron chi connectivity index (χ3n) is 7.06. The van der Waals surface area contributed by atoms with Crippen LogP contribution in [0.3, 0.4) is 0 Å². The Morgan fingerprint density at radius 3 is 2.31 bits per heavy atom. The zero-order chi connectivity index (χ0) is 33.2. The number of hydrogen-bond donors (Lipinski definition) is 2. The number of rotatable bonds is 8. The van der Waals surface area contributed by atoms with Gasteiger partial charge in [-0.05, 0) is 76.7 Å². The fourth-order valence-corrected chi connectivity index (χ4v) is 7.12. The molecule has 2 aliphatic heterocycles. The fourth-order valence-electron chi connectivity index (χ4n) is 4.69. The number of aryl methyl sites for hydroxylation is 1. The number of nitrogens with one attached hydrogen (secondary N) is 2. The molecule has 2 aliphatic rings. The Kier molecular flexibility index (Phi) is 10.2. The van der Waals surface area contributed by atoms with Crippen LogP contribution < -0.4 is 15.4 Å². The number of carbonyl (C=O) groups excluding carboxylic acids is 5. The van der Waals surface area contributed by atoms with E-state index >= 15 is 0 Å². The Morgan fingerprint density at radius 1 is 1.07 bits per heavy atom. The van der Waals surface area contributed by atoms with E-state index in [1.165, 1.54) is 37.3 Å². The average molecular weight is 663 g/mol. The monoisotopic (exact) mass is 662 g/mol. The molecule has 2 atom stereocenters. The van der Waals surface area contributed by atoms with Gasteiger partial charge in [0, 0.05) is 11.3 Å². The normalized spacial score (nSPS) is 19.4. The van der Waals surface area contributed by atoms with Crippen LogP contribution in [0, 0.1) is 6.92 Å². The highest BCUT2D eigenvalue weighted by Crippen LogP contribution is 2.31.